The van der Waals surface area contributed by atoms with Crippen molar-refractivity contribution >= 4 is 29.4 Å². The molecule has 2 amide bonds. The van der Waals surface area contributed by atoms with Gasteiger partial charge >= 0.3 is 11.9 Å². The molecule has 7 heteroatoms. The summed E-state index contributed by atoms with van der Waals surface area (Å²) in [6.07, 6.45) is -0.854. The summed E-state index contributed by atoms with van der Waals surface area (Å²) in [6, 6.07) is 5.63. The quantitative estimate of drug-likeness (QED) is 0.583. The first-order valence-electron chi connectivity index (χ1n) is 9.50. The smallest absolute Gasteiger partial charge is 0.303 e. The standard InChI is InChI=1S/C21H23NO6/c1-9-6-5-7-10(2)17(9)22-20(25)15-13-8-14(16(15)21(22)26)19(28-12(4)24)18(13)27-11(3)23/h5-7,13-16,18-19H,8H2,1-4H3. The monoisotopic (exact) mass is 385 g/mol. The van der Waals surface area contributed by atoms with Gasteiger partial charge in [0, 0.05) is 25.7 Å². The van der Waals surface area contributed by atoms with Crippen molar-refractivity contribution in [2.45, 2.75) is 46.3 Å². The van der Waals surface area contributed by atoms with Crippen LogP contribution >= 0.6 is 0 Å². The van der Waals surface area contributed by atoms with E-state index in [2.05, 4.69) is 0 Å². The Kier molecular flexibility index (Phi) is 4.28. The molecule has 3 fully saturated rings. The average Bonchev–Trinajstić information content (AvgIpc) is 3.20. The van der Waals surface area contributed by atoms with Gasteiger partial charge in [-0.3, -0.25) is 19.2 Å². The Bertz CT molecular complexity index is 827. The Morgan fingerprint density at radius 2 is 1.32 bits per heavy atom. The van der Waals surface area contributed by atoms with Crippen molar-refractivity contribution in [1.29, 1.82) is 0 Å². The average molecular weight is 385 g/mol. The molecule has 1 aromatic rings. The van der Waals surface area contributed by atoms with Crippen LogP contribution in [0, 0.1) is 37.5 Å². The van der Waals surface area contributed by atoms with E-state index in [9.17, 15) is 19.2 Å². The van der Waals surface area contributed by atoms with E-state index in [4.69, 9.17) is 9.47 Å². The number of aryl methyl sites for hydroxylation is 2. The van der Waals surface area contributed by atoms with Gasteiger partial charge in [-0.25, -0.2) is 4.90 Å². The van der Waals surface area contributed by atoms with E-state index in [0.717, 1.165) is 11.1 Å². The Labute approximate surface area is 163 Å². The molecule has 148 valence electrons. The van der Waals surface area contributed by atoms with Gasteiger partial charge in [-0.1, -0.05) is 18.2 Å². The van der Waals surface area contributed by atoms with E-state index in [1.54, 1.807) is 0 Å². The largest absolute Gasteiger partial charge is 0.458 e. The maximum atomic E-state index is 13.3. The third kappa shape index (κ3) is 2.56. The summed E-state index contributed by atoms with van der Waals surface area (Å²) in [7, 11) is 0. The molecule has 7 nitrogen and oxygen atoms in total. The molecular formula is C21H23NO6. The van der Waals surface area contributed by atoms with Crippen LogP contribution in [0.15, 0.2) is 18.2 Å². The molecule has 1 aliphatic heterocycles. The summed E-state index contributed by atoms with van der Waals surface area (Å²) < 4.78 is 10.9. The topological polar surface area (TPSA) is 90.0 Å². The maximum Gasteiger partial charge on any atom is 0.303 e. The normalized spacial score (nSPS) is 33.2. The molecule has 4 rings (SSSR count). The highest BCUT2D eigenvalue weighted by Crippen LogP contribution is 2.58. The molecule has 1 heterocycles. The van der Waals surface area contributed by atoms with Crippen LogP contribution in [0.4, 0.5) is 5.69 Å². The first kappa shape index (κ1) is 18.7. The van der Waals surface area contributed by atoms with Crippen molar-refractivity contribution in [3.05, 3.63) is 29.3 Å². The van der Waals surface area contributed by atoms with Crippen molar-refractivity contribution in [1.82, 2.24) is 0 Å². The van der Waals surface area contributed by atoms with E-state index >= 15 is 0 Å². The van der Waals surface area contributed by atoms with Gasteiger partial charge in [0.2, 0.25) is 11.8 Å². The number of para-hydroxylation sites is 1. The highest BCUT2D eigenvalue weighted by atomic mass is 16.6. The van der Waals surface area contributed by atoms with Gasteiger partial charge in [-0.15, -0.1) is 0 Å². The van der Waals surface area contributed by atoms with E-state index in [1.165, 1.54) is 18.7 Å². The summed E-state index contributed by atoms with van der Waals surface area (Å²) in [6.45, 7) is 6.32. The Balaban J connectivity index is 1.73. The number of amides is 2. The molecule has 0 radical (unpaired) electrons. The molecule has 1 aromatic carbocycles. The minimum atomic E-state index is -0.692. The number of esters is 2. The van der Waals surface area contributed by atoms with Gasteiger partial charge in [-0.05, 0) is 31.4 Å². The van der Waals surface area contributed by atoms with Gasteiger partial charge in [0.15, 0.2) is 0 Å². The summed E-state index contributed by atoms with van der Waals surface area (Å²) in [5.74, 6) is -3.23. The van der Waals surface area contributed by atoms with Crippen LogP contribution in [-0.2, 0) is 28.7 Å². The third-order valence-electron chi connectivity index (χ3n) is 6.30. The second-order valence-corrected chi connectivity index (χ2v) is 8.02. The number of ether oxygens (including phenoxy) is 2. The number of anilines is 1. The maximum absolute atomic E-state index is 13.3. The lowest BCUT2D eigenvalue weighted by molar-refractivity contribution is -0.175. The molecule has 2 aliphatic carbocycles. The van der Waals surface area contributed by atoms with Crippen molar-refractivity contribution in [3.8, 4) is 0 Å². The van der Waals surface area contributed by atoms with Crippen LogP contribution in [0.3, 0.4) is 0 Å². The molecule has 2 bridgehead atoms. The molecule has 6 atom stereocenters. The van der Waals surface area contributed by atoms with Crippen LogP contribution in [0.1, 0.15) is 31.4 Å². The first-order chi connectivity index (χ1) is 13.2. The summed E-state index contributed by atoms with van der Waals surface area (Å²) >= 11 is 0. The van der Waals surface area contributed by atoms with Gasteiger partial charge in [-0.2, -0.15) is 0 Å². The zero-order chi connectivity index (χ0) is 20.3. The Hall–Kier alpha value is -2.70. The summed E-state index contributed by atoms with van der Waals surface area (Å²) in [5, 5.41) is 0. The minimum absolute atomic E-state index is 0.252. The molecule has 6 unspecified atom stereocenters. The summed E-state index contributed by atoms with van der Waals surface area (Å²) in [4.78, 5) is 51.1. The zero-order valence-corrected chi connectivity index (χ0v) is 16.3. The molecular weight excluding hydrogens is 362 g/mol. The number of nitrogens with zero attached hydrogens (tertiary/aromatic N) is 1. The lowest BCUT2D eigenvalue weighted by Crippen LogP contribution is -2.47. The SMILES string of the molecule is CC(=O)OC1C2CC(C1OC(C)=O)C1C(=O)N(c3c(C)cccc3C)C(=O)C21. The predicted octanol–water partition coefficient (Wildman–Crippen LogP) is 1.92. The molecule has 1 saturated heterocycles. The number of fused-ring (bicyclic) bond motifs is 5. The predicted molar refractivity (Wildman–Crippen MR) is 98.1 cm³/mol. The van der Waals surface area contributed by atoms with Crippen molar-refractivity contribution in [2.24, 2.45) is 23.7 Å². The fraction of sp³-hybridized carbons (Fsp3) is 0.524. The minimum Gasteiger partial charge on any atom is -0.458 e. The zero-order valence-electron chi connectivity index (χ0n) is 16.3. The van der Waals surface area contributed by atoms with Crippen LogP contribution in [0.25, 0.3) is 0 Å². The first-order valence-corrected chi connectivity index (χ1v) is 9.50. The molecule has 0 spiro atoms. The van der Waals surface area contributed by atoms with E-state index in [1.807, 2.05) is 32.0 Å². The van der Waals surface area contributed by atoms with Crippen molar-refractivity contribution in [3.63, 3.8) is 0 Å². The lowest BCUT2D eigenvalue weighted by atomic mass is 9.78. The number of imide groups is 1. The number of rotatable bonds is 3. The molecule has 0 N–H and O–H groups in total. The van der Waals surface area contributed by atoms with Gasteiger partial charge in [0.1, 0.15) is 12.2 Å². The lowest BCUT2D eigenvalue weighted by Gasteiger charge is -2.34. The molecule has 3 aliphatic rings. The number of carbonyl (C=O) groups excluding carboxylic acids is 4. The fourth-order valence-electron chi connectivity index (χ4n) is 5.46. The third-order valence-corrected chi connectivity index (χ3v) is 6.30. The fourth-order valence-corrected chi connectivity index (χ4v) is 5.46. The highest BCUT2D eigenvalue weighted by Gasteiger charge is 2.69. The second kappa shape index (κ2) is 6.43. The van der Waals surface area contributed by atoms with Crippen LogP contribution < -0.4 is 4.90 Å². The van der Waals surface area contributed by atoms with Gasteiger partial charge in [0.25, 0.3) is 0 Å². The number of benzene rings is 1. The van der Waals surface area contributed by atoms with E-state index in [0.29, 0.717) is 12.1 Å². The molecule has 2 saturated carbocycles. The van der Waals surface area contributed by atoms with E-state index in [-0.39, 0.29) is 23.7 Å². The van der Waals surface area contributed by atoms with Crippen LogP contribution in [-0.4, -0.2) is 36.0 Å². The number of hydrogen-bond acceptors (Lipinski definition) is 6. The van der Waals surface area contributed by atoms with Gasteiger partial charge < -0.3 is 9.47 Å². The number of carbonyl (C=O) groups is 4. The second-order valence-electron chi connectivity index (χ2n) is 8.02. The van der Waals surface area contributed by atoms with Crippen molar-refractivity contribution < 1.29 is 28.7 Å². The van der Waals surface area contributed by atoms with Crippen molar-refractivity contribution in [2.75, 3.05) is 4.90 Å². The summed E-state index contributed by atoms with van der Waals surface area (Å²) in [5.41, 5.74) is 2.32. The van der Waals surface area contributed by atoms with Gasteiger partial charge in [0.05, 0.1) is 17.5 Å². The van der Waals surface area contributed by atoms with Crippen LogP contribution in [0.5, 0.6) is 0 Å². The Morgan fingerprint density at radius 1 is 0.893 bits per heavy atom. The Morgan fingerprint density at radius 3 is 1.71 bits per heavy atom. The highest BCUT2D eigenvalue weighted by molar-refractivity contribution is 6.23. The molecule has 0 aromatic heterocycles. The number of hydrogen-bond donors (Lipinski definition) is 0. The van der Waals surface area contributed by atoms with E-state index < -0.39 is 36.0 Å². The molecule has 28 heavy (non-hydrogen) atoms. The van der Waals surface area contributed by atoms with Crippen LogP contribution in [0.2, 0.25) is 0 Å².